The molecule has 0 saturated carbocycles. The largest absolute Gasteiger partial charge is 0.396 e. The number of benzene rings is 1. The maximum absolute atomic E-state index is 8.87. The fourth-order valence-electron chi connectivity index (χ4n) is 1.53. The Hall–Kier alpha value is -0.840. The standard InChI is InChI=1S/C13H15NOS2/c1-2-16-11-5-3-10(4-6-11)13-14-9-12(17-13)7-8-15/h3-6,9,15H,2,7-8H2,1H3. The van der Waals surface area contributed by atoms with Crippen molar-refractivity contribution in [2.75, 3.05) is 12.4 Å². The van der Waals surface area contributed by atoms with Crippen LogP contribution in [-0.4, -0.2) is 22.5 Å². The molecule has 0 amide bonds. The van der Waals surface area contributed by atoms with Gasteiger partial charge in [0.2, 0.25) is 0 Å². The van der Waals surface area contributed by atoms with Crippen molar-refractivity contribution in [3.05, 3.63) is 35.3 Å². The molecule has 0 radical (unpaired) electrons. The highest BCUT2D eigenvalue weighted by Crippen LogP contribution is 2.27. The third-order valence-electron chi connectivity index (χ3n) is 2.32. The molecule has 4 heteroatoms. The van der Waals surface area contributed by atoms with Gasteiger partial charge in [-0.3, -0.25) is 0 Å². The number of aromatic nitrogens is 1. The minimum Gasteiger partial charge on any atom is -0.396 e. The quantitative estimate of drug-likeness (QED) is 0.841. The molecule has 1 heterocycles. The number of hydrogen-bond acceptors (Lipinski definition) is 4. The molecule has 17 heavy (non-hydrogen) atoms. The molecule has 0 aliphatic rings. The smallest absolute Gasteiger partial charge is 0.123 e. The van der Waals surface area contributed by atoms with Gasteiger partial charge in [0.15, 0.2) is 0 Å². The Morgan fingerprint density at radius 3 is 2.71 bits per heavy atom. The van der Waals surface area contributed by atoms with Crippen molar-refractivity contribution in [1.29, 1.82) is 0 Å². The van der Waals surface area contributed by atoms with E-state index < -0.39 is 0 Å². The van der Waals surface area contributed by atoms with Crippen LogP contribution in [0.5, 0.6) is 0 Å². The van der Waals surface area contributed by atoms with E-state index in [1.165, 1.54) is 4.90 Å². The molecule has 2 aromatic rings. The third-order valence-corrected chi connectivity index (χ3v) is 4.32. The highest BCUT2D eigenvalue weighted by molar-refractivity contribution is 7.99. The summed E-state index contributed by atoms with van der Waals surface area (Å²) in [5.41, 5.74) is 1.15. The van der Waals surface area contributed by atoms with Crippen molar-refractivity contribution < 1.29 is 5.11 Å². The van der Waals surface area contributed by atoms with E-state index in [-0.39, 0.29) is 6.61 Å². The van der Waals surface area contributed by atoms with Crippen molar-refractivity contribution in [2.24, 2.45) is 0 Å². The first-order chi connectivity index (χ1) is 8.33. The van der Waals surface area contributed by atoms with E-state index in [9.17, 15) is 0 Å². The number of thioether (sulfide) groups is 1. The van der Waals surface area contributed by atoms with E-state index in [1.807, 2.05) is 18.0 Å². The summed E-state index contributed by atoms with van der Waals surface area (Å²) in [7, 11) is 0. The van der Waals surface area contributed by atoms with Gasteiger partial charge in [0.1, 0.15) is 5.01 Å². The second kappa shape index (κ2) is 6.19. The predicted octanol–water partition coefficient (Wildman–Crippen LogP) is 3.46. The molecular formula is C13H15NOS2. The molecule has 1 N–H and O–H groups in total. The number of hydrogen-bond donors (Lipinski definition) is 1. The first-order valence-corrected chi connectivity index (χ1v) is 7.42. The van der Waals surface area contributed by atoms with Crippen molar-refractivity contribution in [3.8, 4) is 10.6 Å². The van der Waals surface area contributed by atoms with E-state index >= 15 is 0 Å². The molecule has 2 nitrogen and oxygen atoms in total. The monoisotopic (exact) mass is 265 g/mol. The maximum atomic E-state index is 8.87. The molecule has 2 rings (SSSR count). The third kappa shape index (κ3) is 3.31. The van der Waals surface area contributed by atoms with Crippen molar-refractivity contribution in [1.82, 2.24) is 4.98 Å². The average Bonchev–Trinajstić information content (AvgIpc) is 2.80. The van der Waals surface area contributed by atoms with Gasteiger partial charge in [-0.2, -0.15) is 0 Å². The molecule has 0 aliphatic heterocycles. The zero-order chi connectivity index (χ0) is 12.1. The lowest BCUT2D eigenvalue weighted by Gasteiger charge is -1.99. The Balaban J connectivity index is 2.15. The van der Waals surface area contributed by atoms with Gasteiger partial charge < -0.3 is 5.11 Å². The van der Waals surface area contributed by atoms with E-state index in [1.54, 1.807) is 11.3 Å². The Morgan fingerprint density at radius 1 is 1.29 bits per heavy atom. The minimum atomic E-state index is 0.188. The van der Waals surface area contributed by atoms with Crippen LogP contribution < -0.4 is 0 Å². The molecule has 0 atom stereocenters. The van der Waals surface area contributed by atoms with Gasteiger partial charge in [0, 0.05) is 34.6 Å². The van der Waals surface area contributed by atoms with E-state index in [0.29, 0.717) is 6.42 Å². The summed E-state index contributed by atoms with van der Waals surface area (Å²) in [5.74, 6) is 1.09. The fraction of sp³-hybridized carbons (Fsp3) is 0.308. The van der Waals surface area contributed by atoms with Gasteiger partial charge in [-0.15, -0.1) is 23.1 Å². The zero-order valence-corrected chi connectivity index (χ0v) is 11.4. The molecule has 0 unspecified atom stereocenters. The van der Waals surface area contributed by atoms with Gasteiger partial charge in [-0.05, 0) is 17.9 Å². The predicted molar refractivity (Wildman–Crippen MR) is 74.7 cm³/mol. The summed E-state index contributed by atoms with van der Waals surface area (Å²) in [6.45, 7) is 2.34. The van der Waals surface area contributed by atoms with E-state index in [0.717, 1.165) is 21.2 Å². The number of rotatable bonds is 5. The Kier molecular flexibility index (Phi) is 4.59. The summed E-state index contributed by atoms with van der Waals surface area (Å²) in [6.07, 6.45) is 2.55. The summed E-state index contributed by atoms with van der Waals surface area (Å²) >= 11 is 3.49. The van der Waals surface area contributed by atoms with Crippen molar-refractivity contribution >= 4 is 23.1 Å². The van der Waals surface area contributed by atoms with Gasteiger partial charge in [-0.25, -0.2) is 4.98 Å². The van der Waals surface area contributed by atoms with Gasteiger partial charge in [0.05, 0.1) is 0 Å². The van der Waals surface area contributed by atoms with Crippen LogP contribution in [0, 0.1) is 0 Å². The lowest BCUT2D eigenvalue weighted by Crippen LogP contribution is -1.84. The van der Waals surface area contributed by atoms with Crippen LogP contribution in [0.4, 0.5) is 0 Å². The van der Waals surface area contributed by atoms with Gasteiger partial charge >= 0.3 is 0 Å². The molecule has 0 spiro atoms. The first kappa shape index (κ1) is 12.6. The van der Waals surface area contributed by atoms with E-state index in [4.69, 9.17) is 5.11 Å². The molecule has 90 valence electrons. The second-order valence-electron chi connectivity index (χ2n) is 3.56. The number of thiazole rings is 1. The second-order valence-corrected chi connectivity index (χ2v) is 6.02. The fourth-order valence-corrected chi connectivity index (χ4v) is 3.10. The zero-order valence-electron chi connectivity index (χ0n) is 9.72. The lowest BCUT2D eigenvalue weighted by atomic mass is 10.2. The number of nitrogens with zero attached hydrogens (tertiary/aromatic N) is 1. The Labute approximate surface area is 110 Å². The molecule has 0 saturated heterocycles. The SMILES string of the molecule is CCSc1ccc(-c2ncc(CCO)s2)cc1. The van der Waals surface area contributed by atoms with Crippen molar-refractivity contribution in [2.45, 2.75) is 18.2 Å². The lowest BCUT2D eigenvalue weighted by molar-refractivity contribution is 0.300. The highest BCUT2D eigenvalue weighted by atomic mass is 32.2. The summed E-state index contributed by atoms with van der Waals surface area (Å²) < 4.78 is 0. The Bertz CT molecular complexity index is 465. The van der Waals surface area contributed by atoms with Crippen LogP contribution in [-0.2, 0) is 6.42 Å². The van der Waals surface area contributed by atoms with Crippen LogP contribution in [0.2, 0.25) is 0 Å². The van der Waals surface area contributed by atoms with Gasteiger partial charge in [0.25, 0.3) is 0 Å². The summed E-state index contributed by atoms with van der Waals surface area (Å²) in [6, 6.07) is 8.49. The number of aliphatic hydroxyl groups excluding tert-OH is 1. The van der Waals surface area contributed by atoms with Crippen LogP contribution in [0.15, 0.2) is 35.4 Å². The highest BCUT2D eigenvalue weighted by Gasteiger charge is 2.04. The van der Waals surface area contributed by atoms with Crippen LogP contribution in [0.1, 0.15) is 11.8 Å². The molecule has 1 aromatic heterocycles. The normalized spacial score (nSPS) is 10.7. The maximum Gasteiger partial charge on any atom is 0.123 e. The van der Waals surface area contributed by atoms with Crippen LogP contribution >= 0.6 is 23.1 Å². The Morgan fingerprint density at radius 2 is 2.06 bits per heavy atom. The minimum absolute atomic E-state index is 0.188. The molecule has 1 aromatic carbocycles. The first-order valence-electron chi connectivity index (χ1n) is 5.62. The number of aliphatic hydroxyl groups is 1. The van der Waals surface area contributed by atoms with Crippen molar-refractivity contribution in [3.63, 3.8) is 0 Å². The molecule has 0 fully saturated rings. The average molecular weight is 265 g/mol. The summed E-state index contributed by atoms with van der Waals surface area (Å²) in [5, 5.41) is 9.90. The van der Waals surface area contributed by atoms with Crippen LogP contribution in [0.25, 0.3) is 10.6 Å². The van der Waals surface area contributed by atoms with Crippen LogP contribution in [0.3, 0.4) is 0 Å². The van der Waals surface area contributed by atoms with E-state index in [2.05, 4.69) is 36.2 Å². The van der Waals surface area contributed by atoms with Gasteiger partial charge in [-0.1, -0.05) is 19.1 Å². The molecule has 0 bridgehead atoms. The molecule has 0 aliphatic carbocycles. The topological polar surface area (TPSA) is 33.1 Å². The summed E-state index contributed by atoms with van der Waals surface area (Å²) in [4.78, 5) is 6.81. The molecular weight excluding hydrogens is 250 g/mol.